The van der Waals surface area contributed by atoms with Crippen LogP contribution in [-0.2, 0) is 6.42 Å². The molecule has 1 saturated carbocycles. The molecule has 1 aromatic carbocycles. The lowest BCUT2D eigenvalue weighted by molar-refractivity contribution is 0.287. The first-order chi connectivity index (χ1) is 8.28. The molecule has 1 N–H and O–H groups in total. The Bertz CT molecular complexity index is 331. The second-order valence-corrected chi connectivity index (χ2v) is 5.55. The maximum atomic E-state index is 5.91. The summed E-state index contributed by atoms with van der Waals surface area (Å²) in [5, 5.41) is 4.42. The summed E-state index contributed by atoms with van der Waals surface area (Å²) in [6.45, 7) is 3.29. The average Bonchev–Trinajstić information content (AvgIpc) is 2.33. The Morgan fingerprint density at radius 3 is 2.71 bits per heavy atom. The molecule has 94 valence electrons. The lowest BCUT2D eigenvalue weighted by Crippen LogP contribution is -2.34. The smallest absolute Gasteiger partial charge is 0.0406 e. The van der Waals surface area contributed by atoms with Crippen LogP contribution in [0.4, 0.5) is 0 Å². The molecule has 1 fully saturated rings. The first kappa shape index (κ1) is 12.9. The molecule has 2 heteroatoms. The highest BCUT2D eigenvalue weighted by Crippen LogP contribution is 2.27. The molecule has 2 atom stereocenters. The van der Waals surface area contributed by atoms with Crippen molar-refractivity contribution in [1.82, 2.24) is 5.32 Å². The van der Waals surface area contributed by atoms with Crippen molar-refractivity contribution in [3.63, 3.8) is 0 Å². The van der Waals surface area contributed by atoms with E-state index in [2.05, 4.69) is 24.4 Å². The van der Waals surface area contributed by atoms with Crippen LogP contribution in [0.15, 0.2) is 24.3 Å². The van der Waals surface area contributed by atoms with Crippen LogP contribution in [-0.4, -0.2) is 12.6 Å². The maximum absolute atomic E-state index is 5.91. The summed E-state index contributed by atoms with van der Waals surface area (Å²) in [6.07, 6.45) is 6.64. The fourth-order valence-corrected chi connectivity index (χ4v) is 3.03. The van der Waals surface area contributed by atoms with Crippen molar-refractivity contribution in [3.05, 3.63) is 34.9 Å². The minimum atomic E-state index is 0.742. The number of nitrogens with one attached hydrogen (secondary N) is 1. The Labute approximate surface area is 110 Å². The van der Waals surface area contributed by atoms with Crippen LogP contribution in [0.3, 0.4) is 0 Å². The summed E-state index contributed by atoms with van der Waals surface area (Å²) in [7, 11) is 0. The summed E-state index contributed by atoms with van der Waals surface area (Å²) in [6, 6.07) is 9.08. The highest BCUT2D eigenvalue weighted by molar-refractivity contribution is 6.30. The molecule has 2 unspecified atom stereocenters. The van der Waals surface area contributed by atoms with Crippen molar-refractivity contribution < 1.29 is 0 Å². The van der Waals surface area contributed by atoms with Gasteiger partial charge in [-0.2, -0.15) is 0 Å². The van der Waals surface area contributed by atoms with E-state index >= 15 is 0 Å². The van der Waals surface area contributed by atoms with Gasteiger partial charge in [0.15, 0.2) is 0 Å². The van der Waals surface area contributed by atoms with Crippen molar-refractivity contribution in [1.29, 1.82) is 0 Å². The third kappa shape index (κ3) is 4.01. The van der Waals surface area contributed by atoms with E-state index in [0.717, 1.165) is 23.5 Å². The van der Waals surface area contributed by atoms with Crippen molar-refractivity contribution in [2.75, 3.05) is 6.54 Å². The van der Waals surface area contributed by atoms with E-state index in [0.29, 0.717) is 0 Å². The molecular weight excluding hydrogens is 230 g/mol. The zero-order valence-electron chi connectivity index (χ0n) is 10.6. The maximum Gasteiger partial charge on any atom is 0.0406 e. The number of hydrogen-bond acceptors (Lipinski definition) is 1. The zero-order chi connectivity index (χ0) is 12.1. The van der Waals surface area contributed by atoms with E-state index in [1.807, 2.05) is 12.1 Å². The second-order valence-electron chi connectivity index (χ2n) is 5.12. The minimum Gasteiger partial charge on any atom is -0.314 e. The normalized spacial score (nSPS) is 24.8. The Morgan fingerprint density at radius 1 is 1.24 bits per heavy atom. The first-order valence-electron chi connectivity index (χ1n) is 6.75. The van der Waals surface area contributed by atoms with Crippen LogP contribution >= 0.6 is 11.6 Å². The number of benzene rings is 1. The largest absolute Gasteiger partial charge is 0.314 e. The second kappa shape index (κ2) is 6.42. The predicted molar refractivity (Wildman–Crippen MR) is 74.6 cm³/mol. The highest BCUT2D eigenvalue weighted by Gasteiger charge is 2.21. The fraction of sp³-hybridized carbons (Fsp3) is 0.600. The molecule has 0 heterocycles. The van der Waals surface area contributed by atoms with Gasteiger partial charge in [0.25, 0.3) is 0 Å². The van der Waals surface area contributed by atoms with Crippen molar-refractivity contribution in [2.45, 2.75) is 45.1 Å². The van der Waals surface area contributed by atoms with Crippen LogP contribution < -0.4 is 5.32 Å². The number of hydrogen-bond donors (Lipinski definition) is 1. The third-order valence-electron chi connectivity index (χ3n) is 3.71. The fourth-order valence-electron chi connectivity index (χ4n) is 2.90. The minimum absolute atomic E-state index is 0.742. The van der Waals surface area contributed by atoms with Gasteiger partial charge in [0.2, 0.25) is 0 Å². The van der Waals surface area contributed by atoms with Crippen LogP contribution in [0.5, 0.6) is 0 Å². The molecule has 0 radical (unpaired) electrons. The highest BCUT2D eigenvalue weighted by atomic mass is 35.5. The van der Waals surface area contributed by atoms with E-state index in [9.17, 15) is 0 Å². The zero-order valence-corrected chi connectivity index (χ0v) is 11.3. The van der Waals surface area contributed by atoms with E-state index in [1.54, 1.807) is 0 Å². The van der Waals surface area contributed by atoms with Crippen molar-refractivity contribution >= 4 is 11.6 Å². The molecular formula is C15H22ClN. The Hall–Kier alpha value is -0.530. The molecule has 1 aromatic rings. The van der Waals surface area contributed by atoms with E-state index in [-0.39, 0.29) is 0 Å². The van der Waals surface area contributed by atoms with E-state index < -0.39 is 0 Å². The van der Waals surface area contributed by atoms with Gasteiger partial charge in [-0.05, 0) is 49.4 Å². The van der Waals surface area contributed by atoms with Gasteiger partial charge in [-0.3, -0.25) is 0 Å². The van der Waals surface area contributed by atoms with Gasteiger partial charge in [0.1, 0.15) is 0 Å². The quantitative estimate of drug-likeness (QED) is 0.851. The van der Waals surface area contributed by atoms with Crippen molar-refractivity contribution in [3.8, 4) is 0 Å². The van der Waals surface area contributed by atoms with Gasteiger partial charge in [0.05, 0.1) is 0 Å². The Morgan fingerprint density at radius 2 is 2.00 bits per heavy atom. The van der Waals surface area contributed by atoms with Crippen LogP contribution in [0, 0.1) is 5.92 Å². The van der Waals surface area contributed by atoms with E-state index in [4.69, 9.17) is 11.6 Å². The summed E-state index contributed by atoms with van der Waals surface area (Å²) in [4.78, 5) is 0. The Balaban J connectivity index is 1.87. The van der Waals surface area contributed by atoms with E-state index in [1.165, 1.54) is 37.7 Å². The molecule has 17 heavy (non-hydrogen) atoms. The SMILES string of the molecule is CCNC1CCCC(Cc2ccc(Cl)cc2)C1. The molecule has 0 aromatic heterocycles. The molecule has 1 aliphatic rings. The molecule has 1 nitrogen and oxygen atoms in total. The lowest BCUT2D eigenvalue weighted by atomic mass is 9.82. The molecule has 0 saturated heterocycles. The molecule has 1 aliphatic carbocycles. The monoisotopic (exact) mass is 251 g/mol. The number of rotatable bonds is 4. The molecule has 0 amide bonds. The van der Waals surface area contributed by atoms with Crippen LogP contribution in [0.25, 0.3) is 0 Å². The van der Waals surface area contributed by atoms with Gasteiger partial charge in [0, 0.05) is 11.1 Å². The van der Waals surface area contributed by atoms with Gasteiger partial charge >= 0.3 is 0 Å². The molecule has 0 aliphatic heterocycles. The predicted octanol–water partition coefficient (Wildman–Crippen LogP) is 4.05. The average molecular weight is 252 g/mol. The topological polar surface area (TPSA) is 12.0 Å². The van der Waals surface area contributed by atoms with Crippen LogP contribution in [0.1, 0.15) is 38.2 Å². The van der Waals surface area contributed by atoms with Gasteiger partial charge in [-0.15, -0.1) is 0 Å². The van der Waals surface area contributed by atoms with Gasteiger partial charge in [-0.25, -0.2) is 0 Å². The standard InChI is InChI=1S/C15H22ClN/c1-2-17-15-5-3-4-13(11-15)10-12-6-8-14(16)9-7-12/h6-9,13,15,17H,2-5,10-11H2,1H3. The lowest BCUT2D eigenvalue weighted by Gasteiger charge is -2.29. The molecule has 0 bridgehead atoms. The third-order valence-corrected chi connectivity index (χ3v) is 3.97. The molecule has 0 spiro atoms. The summed E-state index contributed by atoms with van der Waals surface area (Å²) in [5.74, 6) is 0.842. The summed E-state index contributed by atoms with van der Waals surface area (Å²) in [5.41, 5.74) is 1.43. The first-order valence-corrected chi connectivity index (χ1v) is 7.13. The summed E-state index contributed by atoms with van der Waals surface area (Å²) < 4.78 is 0. The molecule has 2 rings (SSSR count). The summed E-state index contributed by atoms with van der Waals surface area (Å²) >= 11 is 5.91. The van der Waals surface area contributed by atoms with Crippen molar-refractivity contribution in [2.24, 2.45) is 5.92 Å². The van der Waals surface area contributed by atoms with Crippen LogP contribution in [0.2, 0.25) is 5.02 Å². The van der Waals surface area contributed by atoms with Gasteiger partial charge < -0.3 is 5.32 Å². The Kier molecular flexibility index (Phi) is 4.87. The number of halogens is 1. The van der Waals surface area contributed by atoms with Gasteiger partial charge in [-0.1, -0.05) is 43.5 Å².